The van der Waals surface area contributed by atoms with Crippen molar-refractivity contribution in [2.45, 2.75) is 12.5 Å². The molecule has 1 amide bonds. The van der Waals surface area contributed by atoms with Crippen LogP contribution in [0.5, 0.6) is 5.75 Å². The largest absolute Gasteiger partial charge is 0.490 e. The molecule has 3 heterocycles. The van der Waals surface area contributed by atoms with Crippen molar-refractivity contribution in [1.82, 2.24) is 9.97 Å². The zero-order chi connectivity index (χ0) is 23.5. The maximum absolute atomic E-state index is 11.5. The normalized spacial score (nSPS) is 12.0. The molecule has 2 aromatic carbocycles. The van der Waals surface area contributed by atoms with E-state index in [2.05, 4.69) is 16.0 Å². The Balaban J connectivity index is 1.36. The first kappa shape index (κ1) is 21.5. The fourth-order valence-electron chi connectivity index (χ4n) is 4.03. The summed E-state index contributed by atoms with van der Waals surface area (Å²) in [5.41, 5.74) is 17.8. The summed E-state index contributed by atoms with van der Waals surface area (Å²) >= 11 is 0. The Morgan fingerprint density at radius 1 is 1.09 bits per heavy atom. The highest BCUT2D eigenvalue weighted by Gasteiger charge is 2.14. The molecule has 3 aromatic heterocycles. The van der Waals surface area contributed by atoms with E-state index in [9.17, 15) is 4.79 Å². The van der Waals surface area contributed by atoms with Crippen LogP contribution in [0.1, 0.15) is 15.9 Å². The van der Waals surface area contributed by atoms with E-state index in [-0.39, 0.29) is 6.04 Å². The average molecular weight is 453 g/mol. The van der Waals surface area contributed by atoms with Gasteiger partial charge in [-0.1, -0.05) is 30.3 Å². The standard InChI is InChI=1S/C27H24N4O3/c28-21(11-20-13-30-25-4-2-1-3-23(20)25)16-34-22-12-24(17-5-7-18(8-6-17)27(29)32)26(31-14-22)19-9-10-33-15-19/h1-10,12-15,21,30H,11,16,28H2,(H2,29,32)/t21-/m0/s1. The van der Waals surface area contributed by atoms with E-state index in [4.69, 9.17) is 20.6 Å². The molecule has 0 unspecified atom stereocenters. The molecule has 0 saturated carbocycles. The lowest BCUT2D eigenvalue weighted by Crippen LogP contribution is -2.30. The Kier molecular flexibility index (Phi) is 5.84. The highest BCUT2D eigenvalue weighted by molar-refractivity contribution is 5.93. The second kappa shape index (κ2) is 9.25. The maximum Gasteiger partial charge on any atom is 0.248 e. The lowest BCUT2D eigenvalue weighted by Gasteiger charge is -2.15. The molecule has 0 saturated heterocycles. The van der Waals surface area contributed by atoms with Crippen molar-refractivity contribution in [3.05, 3.63) is 96.7 Å². The van der Waals surface area contributed by atoms with Crippen molar-refractivity contribution in [2.75, 3.05) is 6.61 Å². The molecule has 5 N–H and O–H groups in total. The summed E-state index contributed by atoms with van der Waals surface area (Å²) in [4.78, 5) is 19.4. The molecule has 0 radical (unpaired) electrons. The lowest BCUT2D eigenvalue weighted by molar-refractivity contribution is 0.100. The second-order valence-electron chi connectivity index (χ2n) is 8.16. The maximum atomic E-state index is 11.5. The van der Waals surface area contributed by atoms with Gasteiger partial charge in [0.25, 0.3) is 0 Å². The van der Waals surface area contributed by atoms with Crippen LogP contribution in [0.25, 0.3) is 33.3 Å². The van der Waals surface area contributed by atoms with Gasteiger partial charge in [-0.3, -0.25) is 9.78 Å². The number of pyridine rings is 1. The van der Waals surface area contributed by atoms with Gasteiger partial charge in [0.05, 0.1) is 24.4 Å². The van der Waals surface area contributed by atoms with Crippen LogP contribution in [0.15, 0.2) is 90.0 Å². The molecule has 0 aliphatic heterocycles. The van der Waals surface area contributed by atoms with E-state index in [1.54, 1.807) is 30.9 Å². The van der Waals surface area contributed by atoms with Crippen LogP contribution < -0.4 is 16.2 Å². The van der Waals surface area contributed by atoms with E-state index in [0.717, 1.165) is 33.5 Å². The predicted octanol–water partition coefficient (Wildman–Crippen LogP) is 4.54. The van der Waals surface area contributed by atoms with Crippen LogP contribution in [0.2, 0.25) is 0 Å². The SMILES string of the molecule is NC(=O)c1ccc(-c2cc(OC[C@@H](N)Cc3c[nH]c4ccccc34)cnc2-c2ccoc2)cc1. The van der Waals surface area contributed by atoms with Crippen LogP contribution in [0, 0.1) is 0 Å². The minimum absolute atomic E-state index is 0.189. The number of nitrogens with one attached hydrogen (secondary N) is 1. The highest BCUT2D eigenvalue weighted by atomic mass is 16.5. The zero-order valence-electron chi connectivity index (χ0n) is 18.4. The van der Waals surface area contributed by atoms with Gasteiger partial charge in [-0.05, 0) is 47.9 Å². The van der Waals surface area contributed by atoms with E-state index in [1.807, 2.05) is 48.7 Å². The number of carbonyl (C=O) groups excluding carboxylic acids is 1. The third-order valence-corrected chi connectivity index (χ3v) is 5.76. The van der Waals surface area contributed by atoms with Gasteiger partial charge in [-0.15, -0.1) is 0 Å². The molecule has 0 spiro atoms. The molecule has 7 nitrogen and oxygen atoms in total. The topological polar surface area (TPSA) is 120 Å². The van der Waals surface area contributed by atoms with E-state index in [1.165, 1.54) is 5.39 Å². The number of amides is 1. The molecule has 5 aromatic rings. The molecule has 0 fully saturated rings. The van der Waals surface area contributed by atoms with Crippen molar-refractivity contribution in [3.8, 4) is 28.1 Å². The predicted molar refractivity (Wildman–Crippen MR) is 131 cm³/mol. The van der Waals surface area contributed by atoms with Crippen molar-refractivity contribution < 1.29 is 13.9 Å². The number of aromatic amines is 1. The number of nitrogens with zero attached hydrogens (tertiary/aromatic N) is 1. The number of nitrogens with two attached hydrogens (primary N) is 2. The quantitative estimate of drug-likeness (QED) is 0.319. The minimum Gasteiger partial charge on any atom is -0.490 e. The van der Waals surface area contributed by atoms with E-state index < -0.39 is 5.91 Å². The van der Waals surface area contributed by atoms with Gasteiger partial charge in [0.2, 0.25) is 5.91 Å². The number of benzene rings is 2. The highest BCUT2D eigenvalue weighted by Crippen LogP contribution is 2.33. The number of para-hydroxylation sites is 1. The smallest absolute Gasteiger partial charge is 0.248 e. The number of carbonyl (C=O) groups is 1. The Morgan fingerprint density at radius 3 is 2.68 bits per heavy atom. The summed E-state index contributed by atoms with van der Waals surface area (Å²) in [6, 6.07) is 18.8. The molecule has 5 rings (SSSR count). The van der Waals surface area contributed by atoms with Gasteiger partial charge in [-0.2, -0.15) is 0 Å². The Morgan fingerprint density at radius 2 is 1.91 bits per heavy atom. The van der Waals surface area contributed by atoms with Crippen molar-refractivity contribution in [3.63, 3.8) is 0 Å². The Bertz CT molecular complexity index is 1420. The van der Waals surface area contributed by atoms with Gasteiger partial charge in [0, 0.05) is 39.8 Å². The third kappa shape index (κ3) is 4.42. The number of ether oxygens (including phenoxy) is 1. The molecule has 0 aliphatic carbocycles. The van der Waals surface area contributed by atoms with Gasteiger partial charge < -0.3 is 25.6 Å². The number of hydrogen-bond acceptors (Lipinski definition) is 5. The Labute approximate surface area is 196 Å². The summed E-state index contributed by atoms with van der Waals surface area (Å²) in [5, 5.41) is 1.17. The van der Waals surface area contributed by atoms with Crippen LogP contribution in [-0.4, -0.2) is 28.5 Å². The van der Waals surface area contributed by atoms with Gasteiger partial charge in [0.1, 0.15) is 12.4 Å². The van der Waals surface area contributed by atoms with Gasteiger partial charge >= 0.3 is 0 Å². The molecular formula is C27H24N4O3. The number of furan rings is 1. The number of fused-ring (bicyclic) bond motifs is 1. The molecule has 0 aliphatic rings. The lowest BCUT2D eigenvalue weighted by atomic mass is 9.99. The third-order valence-electron chi connectivity index (χ3n) is 5.76. The molecule has 1 atom stereocenters. The first-order valence-electron chi connectivity index (χ1n) is 10.9. The zero-order valence-corrected chi connectivity index (χ0v) is 18.4. The summed E-state index contributed by atoms with van der Waals surface area (Å²) in [7, 11) is 0. The average Bonchev–Trinajstić information content (AvgIpc) is 3.54. The van der Waals surface area contributed by atoms with Crippen molar-refractivity contribution >= 4 is 16.8 Å². The van der Waals surface area contributed by atoms with E-state index >= 15 is 0 Å². The summed E-state index contributed by atoms with van der Waals surface area (Å²) < 4.78 is 11.3. The van der Waals surface area contributed by atoms with Crippen molar-refractivity contribution in [1.29, 1.82) is 0 Å². The molecule has 170 valence electrons. The van der Waals surface area contributed by atoms with Crippen LogP contribution in [0.3, 0.4) is 0 Å². The fourth-order valence-corrected chi connectivity index (χ4v) is 4.03. The summed E-state index contributed by atoms with van der Waals surface area (Å²) in [5.74, 6) is 0.136. The van der Waals surface area contributed by atoms with E-state index in [0.29, 0.717) is 24.3 Å². The first-order valence-corrected chi connectivity index (χ1v) is 10.9. The van der Waals surface area contributed by atoms with Crippen molar-refractivity contribution in [2.24, 2.45) is 11.5 Å². The van der Waals surface area contributed by atoms with Gasteiger partial charge in [0.15, 0.2) is 0 Å². The number of primary amides is 1. The first-order chi connectivity index (χ1) is 16.6. The van der Waals surface area contributed by atoms with Crippen LogP contribution >= 0.6 is 0 Å². The van der Waals surface area contributed by atoms with Crippen LogP contribution in [0.4, 0.5) is 0 Å². The number of H-pyrrole nitrogens is 1. The molecule has 0 bridgehead atoms. The molecule has 7 heteroatoms. The summed E-state index contributed by atoms with van der Waals surface area (Å²) in [6.45, 7) is 0.340. The van der Waals surface area contributed by atoms with Crippen LogP contribution in [-0.2, 0) is 6.42 Å². The monoisotopic (exact) mass is 452 g/mol. The molecular weight excluding hydrogens is 428 g/mol. The Hall–Kier alpha value is -4.36. The second-order valence-corrected chi connectivity index (χ2v) is 8.16. The fraction of sp³-hybridized carbons (Fsp3) is 0.111. The van der Waals surface area contributed by atoms with Gasteiger partial charge in [-0.25, -0.2) is 0 Å². The number of hydrogen-bond donors (Lipinski definition) is 3. The number of aromatic nitrogens is 2. The molecule has 34 heavy (non-hydrogen) atoms. The summed E-state index contributed by atoms with van der Waals surface area (Å²) in [6.07, 6.45) is 7.61. The number of rotatable bonds is 8. The minimum atomic E-state index is -0.471.